The fourth-order valence-corrected chi connectivity index (χ4v) is 1.73. The van der Waals surface area contributed by atoms with Crippen molar-refractivity contribution in [1.82, 2.24) is 5.32 Å². The molecular weight excluding hydrogens is 281 g/mol. The molecule has 0 aliphatic heterocycles. The number of carboxylic acids is 2. The first-order chi connectivity index (χ1) is 8.41. The van der Waals surface area contributed by atoms with Gasteiger partial charge in [0.05, 0.1) is 16.5 Å². The molecule has 1 atom stereocenters. The topological polar surface area (TPSA) is 86.6 Å². The molecule has 1 aromatic carbocycles. The third kappa shape index (κ3) is 4.18. The normalized spacial score (nSPS) is 12.1. The molecule has 18 heavy (non-hydrogen) atoms. The summed E-state index contributed by atoms with van der Waals surface area (Å²) in [4.78, 5) is 21.3. The van der Waals surface area contributed by atoms with Crippen molar-refractivity contribution in [3.63, 3.8) is 0 Å². The maximum absolute atomic E-state index is 10.8. The van der Waals surface area contributed by atoms with Crippen molar-refractivity contribution in [2.24, 2.45) is 0 Å². The van der Waals surface area contributed by atoms with Crippen molar-refractivity contribution in [1.29, 1.82) is 0 Å². The number of nitrogens with one attached hydrogen (secondary N) is 1. The maximum Gasteiger partial charge on any atom is 0.321 e. The molecule has 3 N–H and O–H groups in total. The highest BCUT2D eigenvalue weighted by Gasteiger charge is 2.20. The maximum atomic E-state index is 10.8. The minimum atomic E-state index is -1.23. The van der Waals surface area contributed by atoms with E-state index in [2.05, 4.69) is 5.32 Å². The quantitative estimate of drug-likeness (QED) is 0.746. The van der Waals surface area contributed by atoms with Crippen LogP contribution in [0.2, 0.25) is 10.0 Å². The standard InChI is InChI=1S/C11H11Cl2NO4/c12-7-3-1-2-6(10(7)13)5-14-8(11(17)18)4-9(15)16/h1-3,8,14H,4-5H2,(H,15,16)(H,17,18). The van der Waals surface area contributed by atoms with E-state index in [4.69, 9.17) is 33.4 Å². The van der Waals surface area contributed by atoms with E-state index in [1.165, 1.54) is 0 Å². The molecule has 5 nitrogen and oxygen atoms in total. The highest BCUT2D eigenvalue weighted by molar-refractivity contribution is 6.42. The van der Waals surface area contributed by atoms with Gasteiger partial charge in [-0.25, -0.2) is 0 Å². The third-order valence-corrected chi connectivity index (χ3v) is 3.11. The van der Waals surface area contributed by atoms with Crippen molar-refractivity contribution < 1.29 is 19.8 Å². The zero-order chi connectivity index (χ0) is 13.7. The lowest BCUT2D eigenvalue weighted by Crippen LogP contribution is -2.38. The Morgan fingerprint density at radius 2 is 1.94 bits per heavy atom. The van der Waals surface area contributed by atoms with Gasteiger partial charge in [-0.1, -0.05) is 35.3 Å². The van der Waals surface area contributed by atoms with Gasteiger partial charge in [0.1, 0.15) is 6.04 Å². The van der Waals surface area contributed by atoms with Crippen LogP contribution in [-0.4, -0.2) is 28.2 Å². The average molecular weight is 292 g/mol. The van der Waals surface area contributed by atoms with Crippen LogP contribution >= 0.6 is 23.2 Å². The molecule has 0 aliphatic rings. The summed E-state index contributed by atoms with van der Waals surface area (Å²) < 4.78 is 0. The largest absolute Gasteiger partial charge is 0.481 e. The van der Waals surface area contributed by atoms with Crippen molar-refractivity contribution in [2.45, 2.75) is 19.0 Å². The second kappa shape index (κ2) is 6.58. The molecule has 1 aromatic rings. The number of hydrogen-bond donors (Lipinski definition) is 3. The van der Waals surface area contributed by atoms with Crippen LogP contribution in [0.3, 0.4) is 0 Å². The highest BCUT2D eigenvalue weighted by atomic mass is 35.5. The Labute approximate surface area is 113 Å². The molecule has 0 saturated heterocycles. The Morgan fingerprint density at radius 1 is 1.28 bits per heavy atom. The zero-order valence-electron chi connectivity index (χ0n) is 9.19. The van der Waals surface area contributed by atoms with Crippen molar-refractivity contribution >= 4 is 35.1 Å². The molecule has 1 unspecified atom stereocenters. The smallest absolute Gasteiger partial charge is 0.321 e. The van der Waals surface area contributed by atoms with Crippen LogP contribution in [0.15, 0.2) is 18.2 Å². The molecular formula is C11H11Cl2NO4. The number of carbonyl (C=O) groups is 2. The van der Waals surface area contributed by atoms with E-state index in [1.807, 2.05) is 0 Å². The summed E-state index contributed by atoms with van der Waals surface area (Å²) in [6.07, 6.45) is -0.506. The first kappa shape index (κ1) is 14.8. The van der Waals surface area contributed by atoms with Gasteiger partial charge in [0.2, 0.25) is 0 Å². The van der Waals surface area contributed by atoms with Crippen LogP contribution in [-0.2, 0) is 16.1 Å². The molecule has 0 amide bonds. The molecule has 0 saturated carbocycles. The fourth-order valence-electron chi connectivity index (χ4n) is 1.34. The Morgan fingerprint density at radius 3 is 2.50 bits per heavy atom. The molecule has 0 bridgehead atoms. The summed E-state index contributed by atoms with van der Waals surface area (Å²) in [7, 11) is 0. The van der Waals surface area contributed by atoms with Crippen molar-refractivity contribution in [3.05, 3.63) is 33.8 Å². The number of carboxylic acid groups (broad SMARTS) is 2. The van der Waals surface area contributed by atoms with Crippen molar-refractivity contribution in [3.8, 4) is 0 Å². The lowest BCUT2D eigenvalue weighted by Gasteiger charge is -2.13. The first-order valence-corrected chi connectivity index (χ1v) is 5.78. The van der Waals surface area contributed by atoms with Gasteiger partial charge >= 0.3 is 11.9 Å². The summed E-state index contributed by atoms with van der Waals surface area (Å²) in [5, 5.41) is 20.7. The van der Waals surface area contributed by atoms with E-state index >= 15 is 0 Å². The van der Waals surface area contributed by atoms with E-state index in [1.54, 1.807) is 18.2 Å². The minimum absolute atomic E-state index is 0.129. The molecule has 1 rings (SSSR count). The Bertz CT molecular complexity index is 464. The van der Waals surface area contributed by atoms with Gasteiger partial charge in [0, 0.05) is 6.54 Å². The number of halogens is 2. The van der Waals surface area contributed by atoms with Crippen LogP contribution in [0, 0.1) is 0 Å². The molecule has 98 valence electrons. The van der Waals surface area contributed by atoms with Crippen LogP contribution in [0.1, 0.15) is 12.0 Å². The summed E-state index contributed by atoms with van der Waals surface area (Å²) in [6, 6.07) is 3.80. The van der Waals surface area contributed by atoms with Gasteiger partial charge in [-0.05, 0) is 11.6 Å². The van der Waals surface area contributed by atoms with E-state index in [0.717, 1.165) is 0 Å². The lowest BCUT2D eigenvalue weighted by molar-refractivity contribution is -0.146. The average Bonchev–Trinajstić information content (AvgIpc) is 2.28. The van der Waals surface area contributed by atoms with E-state index < -0.39 is 24.4 Å². The Hall–Kier alpha value is -1.30. The lowest BCUT2D eigenvalue weighted by atomic mass is 10.1. The molecule has 0 aliphatic carbocycles. The van der Waals surface area contributed by atoms with Crippen LogP contribution in [0.25, 0.3) is 0 Å². The van der Waals surface area contributed by atoms with Gasteiger partial charge < -0.3 is 10.2 Å². The van der Waals surface area contributed by atoms with Crippen LogP contribution in [0.5, 0.6) is 0 Å². The third-order valence-electron chi connectivity index (χ3n) is 2.25. The molecule has 7 heteroatoms. The summed E-state index contributed by atoms with van der Waals surface area (Å²) in [6.45, 7) is 0.129. The SMILES string of the molecule is O=C(O)CC(NCc1cccc(Cl)c1Cl)C(=O)O. The van der Waals surface area contributed by atoms with Gasteiger partial charge in [-0.2, -0.15) is 0 Å². The van der Waals surface area contributed by atoms with E-state index in [9.17, 15) is 9.59 Å². The molecule has 0 heterocycles. The second-order valence-corrected chi connectivity index (χ2v) is 4.37. The summed E-state index contributed by atoms with van der Waals surface area (Å²) in [5.74, 6) is -2.41. The number of rotatable bonds is 6. The van der Waals surface area contributed by atoms with Crippen LogP contribution < -0.4 is 5.32 Å². The summed E-state index contributed by atoms with van der Waals surface area (Å²) in [5.41, 5.74) is 0.612. The fraction of sp³-hybridized carbons (Fsp3) is 0.273. The van der Waals surface area contributed by atoms with E-state index in [-0.39, 0.29) is 6.54 Å². The predicted octanol–water partition coefficient (Wildman–Crippen LogP) is 2.01. The van der Waals surface area contributed by atoms with Gasteiger partial charge in [0.25, 0.3) is 0 Å². The van der Waals surface area contributed by atoms with Crippen molar-refractivity contribution in [2.75, 3.05) is 0 Å². The Balaban J connectivity index is 2.70. The van der Waals surface area contributed by atoms with Gasteiger partial charge in [-0.15, -0.1) is 0 Å². The first-order valence-electron chi connectivity index (χ1n) is 5.02. The predicted molar refractivity (Wildman–Crippen MR) is 67.0 cm³/mol. The molecule has 0 fully saturated rings. The second-order valence-electron chi connectivity index (χ2n) is 3.58. The number of benzene rings is 1. The zero-order valence-corrected chi connectivity index (χ0v) is 10.7. The molecule has 0 spiro atoms. The molecule has 0 radical (unpaired) electrons. The van der Waals surface area contributed by atoms with Gasteiger partial charge in [0.15, 0.2) is 0 Å². The highest BCUT2D eigenvalue weighted by Crippen LogP contribution is 2.25. The summed E-state index contributed by atoms with van der Waals surface area (Å²) >= 11 is 11.7. The van der Waals surface area contributed by atoms with Crippen LogP contribution in [0.4, 0.5) is 0 Å². The molecule has 0 aromatic heterocycles. The minimum Gasteiger partial charge on any atom is -0.481 e. The number of hydrogen-bond acceptors (Lipinski definition) is 3. The number of aliphatic carboxylic acids is 2. The van der Waals surface area contributed by atoms with Gasteiger partial charge in [-0.3, -0.25) is 14.9 Å². The van der Waals surface area contributed by atoms with E-state index in [0.29, 0.717) is 15.6 Å². The Kier molecular flexibility index (Phi) is 5.40. The monoisotopic (exact) mass is 291 g/mol.